The lowest BCUT2D eigenvalue weighted by atomic mass is 9.99. The molecule has 0 saturated heterocycles. The van der Waals surface area contributed by atoms with Gasteiger partial charge < -0.3 is 0 Å². The molecule has 0 saturated carbocycles. The van der Waals surface area contributed by atoms with E-state index in [1.165, 1.54) is 32.1 Å². The van der Waals surface area contributed by atoms with Crippen molar-refractivity contribution in [1.82, 2.24) is 0 Å². The quantitative estimate of drug-likeness (QED) is 0.493. The van der Waals surface area contributed by atoms with Gasteiger partial charge in [-0.3, -0.25) is 0 Å². The molecule has 10 heavy (non-hydrogen) atoms. The molecule has 0 bridgehead atoms. The molecule has 0 heteroatoms. The molecular weight excluding hydrogens is 120 g/mol. The molecule has 0 rings (SSSR count). The maximum Gasteiger partial charge on any atom is -0.0358 e. The molecular formula is C10H21. The van der Waals surface area contributed by atoms with Crippen LogP contribution in [0.4, 0.5) is 0 Å². The van der Waals surface area contributed by atoms with Crippen LogP contribution in [0.15, 0.2) is 0 Å². The van der Waals surface area contributed by atoms with Crippen molar-refractivity contribution in [2.45, 2.75) is 52.9 Å². The largest absolute Gasteiger partial charge is 0.0654 e. The third kappa shape index (κ3) is 6.12. The first-order valence-corrected chi connectivity index (χ1v) is 4.64. The standard InChI is InChI=1S/C10H21/c1-4-6-7-9-10(3)8-5-2/h9-10H,4-8H2,1-3H3. The van der Waals surface area contributed by atoms with Gasteiger partial charge in [0.25, 0.3) is 0 Å². The summed E-state index contributed by atoms with van der Waals surface area (Å²) in [7, 11) is 0. The molecule has 61 valence electrons. The lowest BCUT2D eigenvalue weighted by molar-refractivity contribution is 0.561. The van der Waals surface area contributed by atoms with Crippen LogP contribution < -0.4 is 0 Å². The number of hydrogen-bond donors (Lipinski definition) is 0. The topological polar surface area (TPSA) is 0 Å². The van der Waals surface area contributed by atoms with Gasteiger partial charge in [-0.2, -0.15) is 0 Å². The van der Waals surface area contributed by atoms with Crippen LogP contribution in [0, 0.1) is 12.3 Å². The lowest BCUT2D eigenvalue weighted by Gasteiger charge is -2.07. The van der Waals surface area contributed by atoms with Crippen LogP contribution in [-0.4, -0.2) is 0 Å². The normalized spacial score (nSPS) is 13.5. The van der Waals surface area contributed by atoms with Gasteiger partial charge in [0.1, 0.15) is 0 Å². The fourth-order valence-corrected chi connectivity index (χ4v) is 1.18. The van der Waals surface area contributed by atoms with Crippen LogP contribution >= 0.6 is 0 Å². The molecule has 0 heterocycles. The predicted molar refractivity (Wildman–Crippen MR) is 47.9 cm³/mol. The number of hydrogen-bond acceptors (Lipinski definition) is 0. The maximum atomic E-state index is 2.47. The Morgan fingerprint density at radius 3 is 2.40 bits per heavy atom. The van der Waals surface area contributed by atoms with Crippen LogP contribution in [0.1, 0.15) is 52.9 Å². The van der Waals surface area contributed by atoms with Gasteiger partial charge >= 0.3 is 0 Å². The summed E-state index contributed by atoms with van der Waals surface area (Å²) in [5.41, 5.74) is 0. The summed E-state index contributed by atoms with van der Waals surface area (Å²) in [6.07, 6.45) is 9.17. The molecule has 0 aromatic heterocycles. The molecule has 0 nitrogen and oxygen atoms in total. The van der Waals surface area contributed by atoms with E-state index in [4.69, 9.17) is 0 Å². The average molecular weight is 141 g/mol. The molecule has 0 spiro atoms. The third-order valence-corrected chi connectivity index (χ3v) is 1.87. The minimum Gasteiger partial charge on any atom is -0.0654 e. The molecule has 1 unspecified atom stereocenters. The zero-order valence-corrected chi connectivity index (χ0v) is 7.69. The van der Waals surface area contributed by atoms with Crippen LogP contribution in [0.5, 0.6) is 0 Å². The molecule has 0 aliphatic rings. The summed E-state index contributed by atoms with van der Waals surface area (Å²) in [5.74, 6) is 0.844. The zero-order valence-electron chi connectivity index (χ0n) is 7.69. The summed E-state index contributed by atoms with van der Waals surface area (Å²) in [5, 5.41) is 0. The van der Waals surface area contributed by atoms with E-state index in [2.05, 4.69) is 27.2 Å². The predicted octanol–water partition coefficient (Wildman–Crippen LogP) is 3.82. The Labute approximate surface area is 66.0 Å². The monoisotopic (exact) mass is 141 g/mol. The van der Waals surface area contributed by atoms with E-state index in [1.807, 2.05) is 0 Å². The Kier molecular flexibility index (Phi) is 7.11. The second-order valence-electron chi connectivity index (χ2n) is 3.14. The smallest absolute Gasteiger partial charge is 0.0358 e. The van der Waals surface area contributed by atoms with Gasteiger partial charge in [-0.25, -0.2) is 0 Å². The molecule has 0 aromatic rings. The minimum atomic E-state index is 0.844. The van der Waals surface area contributed by atoms with E-state index in [0.717, 1.165) is 5.92 Å². The van der Waals surface area contributed by atoms with Crippen LogP contribution in [-0.2, 0) is 0 Å². The maximum absolute atomic E-state index is 2.47. The van der Waals surface area contributed by atoms with Gasteiger partial charge in [0, 0.05) is 0 Å². The molecule has 1 radical (unpaired) electrons. The minimum absolute atomic E-state index is 0.844. The highest BCUT2D eigenvalue weighted by molar-refractivity contribution is 4.71. The fourth-order valence-electron chi connectivity index (χ4n) is 1.18. The first-order valence-electron chi connectivity index (χ1n) is 4.64. The average Bonchev–Trinajstić information content (AvgIpc) is 1.89. The second-order valence-corrected chi connectivity index (χ2v) is 3.14. The van der Waals surface area contributed by atoms with Crippen LogP contribution in [0.2, 0.25) is 0 Å². The molecule has 0 aromatic carbocycles. The van der Waals surface area contributed by atoms with Gasteiger partial charge in [0.05, 0.1) is 0 Å². The Morgan fingerprint density at radius 2 is 1.90 bits per heavy atom. The van der Waals surface area contributed by atoms with E-state index >= 15 is 0 Å². The van der Waals surface area contributed by atoms with Gasteiger partial charge in [0.15, 0.2) is 0 Å². The van der Waals surface area contributed by atoms with E-state index in [1.54, 1.807) is 0 Å². The Balaban J connectivity index is 2.97. The first kappa shape index (κ1) is 10.0. The molecule has 0 aliphatic carbocycles. The van der Waals surface area contributed by atoms with Crippen molar-refractivity contribution in [3.8, 4) is 0 Å². The molecule has 1 atom stereocenters. The third-order valence-electron chi connectivity index (χ3n) is 1.87. The van der Waals surface area contributed by atoms with Gasteiger partial charge in [-0.05, 0) is 18.8 Å². The van der Waals surface area contributed by atoms with E-state index in [-0.39, 0.29) is 0 Å². The second kappa shape index (κ2) is 7.11. The summed E-state index contributed by atoms with van der Waals surface area (Å²) in [4.78, 5) is 0. The van der Waals surface area contributed by atoms with Crippen molar-refractivity contribution in [3.63, 3.8) is 0 Å². The van der Waals surface area contributed by atoms with E-state index < -0.39 is 0 Å². The molecule has 0 aliphatic heterocycles. The van der Waals surface area contributed by atoms with Crippen molar-refractivity contribution in [3.05, 3.63) is 6.42 Å². The van der Waals surface area contributed by atoms with Crippen molar-refractivity contribution in [1.29, 1.82) is 0 Å². The summed E-state index contributed by atoms with van der Waals surface area (Å²) in [6, 6.07) is 0. The SMILES string of the molecule is CCCC[CH]C(C)CCC. The van der Waals surface area contributed by atoms with Crippen molar-refractivity contribution >= 4 is 0 Å². The van der Waals surface area contributed by atoms with Gasteiger partial charge in [-0.1, -0.05) is 46.5 Å². The molecule has 0 N–H and O–H groups in total. The Hall–Kier alpha value is 0. The Bertz CT molecular complexity index is 57.1. The number of unbranched alkanes of at least 4 members (excludes halogenated alkanes) is 2. The van der Waals surface area contributed by atoms with Crippen LogP contribution in [0.3, 0.4) is 0 Å². The molecule has 0 fully saturated rings. The van der Waals surface area contributed by atoms with Crippen LogP contribution in [0.25, 0.3) is 0 Å². The summed E-state index contributed by atoms with van der Waals surface area (Å²) >= 11 is 0. The zero-order chi connectivity index (χ0) is 7.82. The van der Waals surface area contributed by atoms with E-state index in [0.29, 0.717) is 0 Å². The highest BCUT2D eigenvalue weighted by atomic mass is 14.0. The fraction of sp³-hybridized carbons (Fsp3) is 0.900. The van der Waals surface area contributed by atoms with Gasteiger partial charge in [-0.15, -0.1) is 0 Å². The summed E-state index contributed by atoms with van der Waals surface area (Å²) < 4.78 is 0. The highest BCUT2D eigenvalue weighted by Crippen LogP contribution is 2.12. The highest BCUT2D eigenvalue weighted by Gasteiger charge is 1.98. The van der Waals surface area contributed by atoms with Crippen molar-refractivity contribution in [2.24, 2.45) is 5.92 Å². The Morgan fingerprint density at radius 1 is 1.20 bits per heavy atom. The van der Waals surface area contributed by atoms with Gasteiger partial charge in [0.2, 0.25) is 0 Å². The van der Waals surface area contributed by atoms with Crippen molar-refractivity contribution < 1.29 is 0 Å². The first-order chi connectivity index (χ1) is 4.81. The molecule has 0 amide bonds. The van der Waals surface area contributed by atoms with E-state index in [9.17, 15) is 0 Å². The lowest BCUT2D eigenvalue weighted by Crippen LogP contribution is -1.94. The summed E-state index contributed by atoms with van der Waals surface area (Å²) in [6.45, 7) is 6.82. The van der Waals surface area contributed by atoms with Crippen molar-refractivity contribution in [2.75, 3.05) is 0 Å². The number of rotatable bonds is 6.